The summed E-state index contributed by atoms with van der Waals surface area (Å²) in [6.45, 7) is 8.26. The molecule has 2 rings (SSSR count). The molecule has 4 nitrogen and oxygen atoms in total. The molecule has 0 spiro atoms. The molecule has 0 aliphatic carbocycles. The van der Waals surface area contributed by atoms with Gasteiger partial charge in [-0.1, -0.05) is 20.8 Å². The Kier molecular flexibility index (Phi) is 4.57. The van der Waals surface area contributed by atoms with E-state index < -0.39 is 5.82 Å². The minimum atomic E-state index is -0.543. The fourth-order valence-corrected chi connectivity index (χ4v) is 2.44. The van der Waals surface area contributed by atoms with Gasteiger partial charge < -0.3 is 10.2 Å². The topological polar surface area (TPSA) is 45.2 Å². The van der Waals surface area contributed by atoms with Crippen molar-refractivity contribution < 1.29 is 9.18 Å². The van der Waals surface area contributed by atoms with Crippen molar-refractivity contribution in [2.75, 3.05) is 25.0 Å². The molecule has 0 bridgehead atoms. The lowest BCUT2D eigenvalue weighted by molar-refractivity contribution is 0.0780. The third-order valence-corrected chi connectivity index (χ3v) is 3.94. The lowest BCUT2D eigenvalue weighted by Crippen LogP contribution is -2.30. The van der Waals surface area contributed by atoms with Gasteiger partial charge in [0.1, 0.15) is 0 Å². The largest absolute Gasteiger partial charge is 0.368 e. The molecule has 1 aromatic rings. The average Bonchev–Trinajstić information content (AvgIpc) is 2.77. The van der Waals surface area contributed by atoms with Gasteiger partial charge in [-0.15, -0.1) is 0 Å². The summed E-state index contributed by atoms with van der Waals surface area (Å²) in [4.78, 5) is 18.1. The Morgan fingerprint density at radius 3 is 2.70 bits per heavy atom. The number of carbonyl (C=O) groups is 1. The van der Waals surface area contributed by atoms with Gasteiger partial charge in [0, 0.05) is 25.8 Å². The fraction of sp³-hybridized carbons (Fsp3) is 0.600. The summed E-state index contributed by atoms with van der Waals surface area (Å²) in [5, 5.41) is 2.91. The van der Waals surface area contributed by atoms with Crippen molar-refractivity contribution in [3.8, 4) is 0 Å². The first-order valence-corrected chi connectivity index (χ1v) is 7.22. The molecule has 1 N–H and O–H groups in total. The van der Waals surface area contributed by atoms with Gasteiger partial charge in [-0.3, -0.25) is 4.79 Å². The summed E-state index contributed by atoms with van der Waals surface area (Å²) in [5.74, 6) is 0.305. The molecule has 1 aromatic heterocycles. The number of aromatic nitrogens is 1. The van der Waals surface area contributed by atoms with Crippen molar-refractivity contribution in [3.05, 3.63) is 23.6 Å². The summed E-state index contributed by atoms with van der Waals surface area (Å²) < 4.78 is 14.3. The van der Waals surface area contributed by atoms with Gasteiger partial charge in [0.15, 0.2) is 11.6 Å². The Morgan fingerprint density at radius 2 is 2.10 bits per heavy atom. The zero-order valence-electron chi connectivity index (χ0n) is 12.3. The van der Waals surface area contributed by atoms with Crippen LogP contribution in [-0.4, -0.2) is 35.4 Å². The molecule has 1 aliphatic heterocycles. The van der Waals surface area contributed by atoms with E-state index in [0.29, 0.717) is 31.5 Å². The summed E-state index contributed by atoms with van der Waals surface area (Å²) >= 11 is 0. The highest BCUT2D eigenvalue weighted by molar-refractivity contribution is 5.95. The van der Waals surface area contributed by atoms with Gasteiger partial charge in [0.25, 0.3) is 5.91 Å². The van der Waals surface area contributed by atoms with Gasteiger partial charge >= 0.3 is 0 Å². The Morgan fingerprint density at radius 1 is 1.45 bits per heavy atom. The van der Waals surface area contributed by atoms with Crippen LogP contribution >= 0.6 is 0 Å². The second-order valence-corrected chi connectivity index (χ2v) is 5.61. The molecule has 2 heterocycles. The van der Waals surface area contributed by atoms with Crippen LogP contribution in [-0.2, 0) is 0 Å². The number of anilines is 1. The van der Waals surface area contributed by atoms with Crippen LogP contribution in [0.15, 0.2) is 12.3 Å². The molecule has 2 unspecified atom stereocenters. The fourth-order valence-electron chi connectivity index (χ4n) is 2.44. The Bertz CT molecular complexity index is 482. The number of nitrogens with zero attached hydrogens (tertiary/aromatic N) is 2. The molecule has 0 aromatic carbocycles. The normalized spacial score (nSPS) is 22.1. The van der Waals surface area contributed by atoms with Crippen LogP contribution in [0.1, 0.15) is 37.6 Å². The summed E-state index contributed by atoms with van der Waals surface area (Å²) in [7, 11) is 0. The Labute approximate surface area is 119 Å². The van der Waals surface area contributed by atoms with Crippen LogP contribution in [0, 0.1) is 17.7 Å². The molecule has 1 fully saturated rings. The van der Waals surface area contributed by atoms with Crippen molar-refractivity contribution in [1.82, 2.24) is 9.88 Å². The first kappa shape index (κ1) is 14.8. The van der Waals surface area contributed by atoms with E-state index in [4.69, 9.17) is 0 Å². The third-order valence-electron chi connectivity index (χ3n) is 3.94. The van der Waals surface area contributed by atoms with E-state index in [9.17, 15) is 9.18 Å². The number of amides is 1. The highest BCUT2D eigenvalue weighted by atomic mass is 19.1. The third kappa shape index (κ3) is 2.92. The van der Waals surface area contributed by atoms with E-state index in [1.165, 1.54) is 12.3 Å². The molecule has 5 heteroatoms. The molecule has 1 amide bonds. The predicted octanol–water partition coefficient (Wildman–Crippen LogP) is 2.77. The maximum atomic E-state index is 14.3. The number of nitrogens with one attached hydrogen (secondary N) is 1. The van der Waals surface area contributed by atoms with Crippen molar-refractivity contribution in [1.29, 1.82) is 0 Å². The number of rotatable bonds is 4. The van der Waals surface area contributed by atoms with Gasteiger partial charge in [-0.05, 0) is 24.3 Å². The summed E-state index contributed by atoms with van der Waals surface area (Å²) in [6, 6.07) is 1.46. The molecule has 1 saturated heterocycles. The van der Waals surface area contributed by atoms with E-state index in [2.05, 4.69) is 24.1 Å². The molecule has 2 atom stereocenters. The van der Waals surface area contributed by atoms with Crippen LogP contribution in [0.2, 0.25) is 0 Å². The Hall–Kier alpha value is -1.65. The van der Waals surface area contributed by atoms with Crippen LogP contribution in [0.25, 0.3) is 0 Å². The monoisotopic (exact) mass is 279 g/mol. The van der Waals surface area contributed by atoms with E-state index >= 15 is 0 Å². The molecule has 1 aliphatic rings. The van der Waals surface area contributed by atoms with Crippen molar-refractivity contribution in [2.24, 2.45) is 11.8 Å². The predicted molar refractivity (Wildman–Crippen MR) is 77.2 cm³/mol. The van der Waals surface area contributed by atoms with Crippen LogP contribution in [0.3, 0.4) is 0 Å². The first-order chi connectivity index (χ1) is 9.54. The van der Waals surface area contributed by atoms with Crippen LogP contribution in [0.5, 0.6) is 0 Å². The zero-order chi connectivity index (χ0) is 14.7. The minimum Gasteiger partial charge on any atom is -0.368 e. The summed E-state index contributed by atoms with van der Waals surface area (Å²) in [5.41, 5.74) is 0.111. The maximum absolute atomic E-state index is 14.3. The first-order valence-electron chi connectivity index (χ1n) is 7.22. The van der Waals surface area contributed by atoms with Crippen LogP contribution < -0.4 is 5.32 Å². The van der Waals surface area contributed by atoms with E-state index in [1.54, 1.807) is 4.90 Å². The molecule has 0 saturated carbocycles. The van der Waals surface area contributed by atoms with Gasteiger partial charge in [0.2, 0.25) is 0 Å². The number of carbonyl (C=O) groups excluding carboxylic acids is 1. The highest BCUT2D eigenvalue weighted by Crippen LogP contribution is 2.25. The van der Waals surface area contributed by atoms with E-state index in [1.807, 2.05) is 6.92 Å². The van der Waals surface area contributed by atoms with E-state index in [-0.39, 0.29) is 17.3 Å². The molecule has 110 valence electrons. The Balaban J connectivity index is 2.18. The molecular weight excluding hydrogens is 257 g/mol. The van der Waals surface area contributed by atoms with Crippen molar-refractivity contribution in [3.63, 3.8) is 0 Å². The van der Waals surface area contributed by atoms with Gasteiger partial charge in [0.05, 0.1) is 5.56 Å². The molecule has 0 radical (unpaired) electrons. The maximum Gasteiger partial charge on any atom is 0.257 e. The van der Waals surface area contributed by atoms with Gasteiger partial charge in [-0.25, -0.2) is 9.37 Å². The van der Waals surface area contributed by atoms with Crippen molar-refractivity contribution in [2.45, 2.75) is 27.2 Å². The standard InChI is InChI=1S/C15H22FN3O/c1-4-6-17-14-13(16)12(5-7-18-14)15(20)19-8-10(2)11(3)9-19/h5,7,10-11H,4,6,8-9H2,1-3H3,(H,17,18). The number of hydrogen-bond acceptors (Lipinski definition) is 3. The van der Waals surface area contributed by atoms with Crippen molar-refractivity contribution >= 4 is 11.7 Å². The molecular formula is C15H22FN3O. The average molecular weight is 279 g/mol. The summed E-state index contributed by atoms with van der Waals surface area (Å²) in [6.07, 6.45) is 2.36. The minimum absolute atomic E-state index is 0.111. The lowest BCUT2D eigenvalue weighted by atomic mass is 10.0. The second kappa shape index (κ2) is 6.20. The number of hydrogen-bond donors (Lipinski definition) is 1. The quantitative estimate of drug-likeness (QED) is 0.921. The second-order valence-electron chi connectivity index (χ2n) is 5.61. The number of pyridine rings is 1. The van der Waals surface area contributed by atoms with Crippen LogP contribution in [0.4, 0.5) is 10.2 Å². The number of likely N-dealkylation sites (tertiary alicyclic amines) is 1. The SMILES string of the molecule is CCCNc1nccc(C(=O)N2CC(C)C(C)C2)c1F. The number of halogens is 1. The van der Waals surface area contributed by atoms with Gasteiger partial charge in [-0.2, -0.15) is 0 Å². The zero-order valence-corrected chi connectivity index (χ0v) is 12.3. The molecule has 20 heavy (non-hydrogen) atoms. The van der Waals surface area contributed by atoms with E-state index in [0.717, 1.165) is 6.42 Å². The lowest BCUT2D eigenvalue weighted by Gasteiger charge is -2.17. The smallest absolute Gasteiger partial charge is 0.257 e. The highest BCUT2D eigenvalue weighted by Gasteiger charge is 2.31.